The molecule has 2 heterocycles. The summed E-state index contributed by atoms with van der Waals surface area (Å²) in [7, 11) is -3.28. The Kier molecular flexibility index (Phi) is 3.87. The summed E-state index contributed by atoms with van der Waals surface area (Å²) >= 11 is 0. The van der Waals surface area contributed by atoms with Crippen molar-refractivity contribution in [3.05, 3.63) is 54.0 Å². The third-order valence-corrected chi connectivity index (χ3v) is 5.38. The highest BCUT2D eigenvalue weighted by Gasteiger charge is 2.46. The molecule has 0 aliphatic carbocycles. The van der Waals surface area contributed by atoms with E-state index in [0.29, 0.717) is 29.1 Å². The standard InChI is InChI=1S/C18H18O5S/c1-4-18(2)17(19)15(14-6-5-11-22-14)16(23-18)12-7-9-13(10-8-12)24(3,20)21/h5-11H,4H2,1-3H3. The number of hydrogen-bond donors (Lipinski definition) is 0. The summed E-state index contributed by atoms with van der Waals surface area (Å²) in [6, 6.07) is 9.72. The van der Waals surface area contributed by atoms with Crippen molar-refractivity contribution >= 4 is 27.0 Å². The molecule has 0 fully saturated rings. The zero-order valence-corrected chi connectivity index (χ0v) is 14.5. The Hall–Kier alpha value is -2.34. The number of Topliss-reactive ketones (excluding diaryl/α,β-unsaturated/α-hetero) is 1. The fourth-order valence-corrected chi connectivity index (χ4v) is 3.25. The molecule has 24 heavy (non-hydrogen) atoms. The van der Waals surface area contributed by atoms with Crippen LogP contribution in [-0.2, 0) is 19.4 Å². The topological polar surface area (TPSA) is 73.6 Å². The molecule has 0 spiro atoms. The van der Waals surface area contributed by atoms with Crippen molar-refractivity contribution in [1.29, 1.82) is 0 Å². The second-order valence-electron chi connectivity index (χ2n) is 5.99. The van der Waals surface area contributed by atoms with Crippen molar-refractivity contribution in [1.82, 2.24) is 0 Å². The van der Waals surface area contributed by atoms with Crippen LogP contribution in [0.1, 0.15) is 31.6 Å². The number of ketones is 1. The van der Waals surface area contributed by atoms with E-state index in [2.05, 4.69) is 0 Å². The average molecular weight is 346 g/mol. The van der Waals surface area contributed by atoms with Crippen LogP contribution in [0.2, 0.25) is 0 Å². The van der Waals surface area contributed by atoms with Gasteiger partial charge >= 0.3 is 0 Å². The Labute approximate surface area is 140 Å². The lowest BCUT2D eigenvalue weighted by Gasteiger charge is -2.21. The normalized spacial score (nSPS) is 21.2. The van der Waals surface area contributed by atoms with Gasteiger partial charge in [0.25, 0.3) is 0 Å². The summed E-state index contributed by atoms with van der Waals surface area (Å²) in [5, 5.41) is 0. The number of carbonyl (C=O) groups excluding carboxylic acids is 1. The molecule has 0 saturated carbocycles. The molecule has 1 aliphatic heterocycles. The summed E-state index contributed by atoms with van der Waals surface area (Å²) in [5.41, 5.74) is 0.0724. The first-order valence-corrected chi connectivity index (χ1v) is 9.48. The highest BCUT2D eigenvalue weighted by Crippen LogP contribution is 2.43. The number of carbonyl (C=O) groups is 1. The summed E-state index contributed by atoms with van der Waals surface area (Å²) < 4.78 is 34.6. The average Bonchev–Trinajstić information content (AvgIpc) is 3.15. The number of hydrogen-bond acceptors (Lipinski definition) is 5. The van der Waals surface area contributed by atoms with Gasteiger partial charge in [-0.15, -0.1) is 0 Å². The van der Waals surface area contributed by atoms with E-state index >= 15 is 0 Å². The Morgan fingerprint density at radius 1 is 1.12 bits per heavy atom. The summed E-state index contributed by atoms with van der Waals surface area (Å²) in [4.78, 5) is 13.0. The zero-order chi connectivity index (χ0) is 17.5. The minimum atomic E-state index is -3.28. The van der Waals surface area contributed by atoms with Crippen LogP contribution in [-0.4, -0.2) is 26.1 Å². The van der Waals surface area contributed by atoms with Gasteiger partial charge in [0.05, 0.1) is 11.2 Å². The molecule has 0 saturated heterocycles. The third-order valence-electron chi connectivity index (χ3n) is 4.25. The summed E-state index contributed by atoms with van der Waals surface area (Å²) in [6.45, 7) is 3.63. The first-order chi connectivity index (χ1) is 11.3. The fourth-order valence-electron chi connectivity index (χ4n) is 2.62. The van der Waals surface area contributed by atoms with Gasteiger partial charge in [-0.05, 0) is 49.7 Å². The molecule has 0 amide bonds. The van der Waals surface area contributed by atoms with Crippen LogP contribution < -0.4 is 0 Å². The van der Waals surface area contributed by atoms with Gasteiger partial charge in [-0.2, -0.15) is 0 Å². The minimum Gasteiger partial charge on any atom is -0.478 e. The van der Waals surface area contributed by atoms with Crippen LogP contribution >= 0.6 is 0 Å². The Bertz CT molecular complexity index is 905. The van der Waals surface area contributed by atoms with E-state index in [0.717, 1.165) is 6.26 Å². The van der Waals surface area contributed by atoms with Crippen molar-refractivity contribution in [3.8, 4) is 0 Å². The second kappa shape index (κ2) is 5.63. The lowest BCUT2D eigenvalue weighted by molar-refractivity contribution is -0.126. The maximum atomic E-state index is 12.8. The van der Waals surface area contributed by atoms with Gasteiger partial charge < -0.3 is 9.15 Å². The SMILES string of the molecule is CCC1(C)OC(c2ccc(S(C)(=O)=O)cc2)=C(c2ccco2)C1=O. The Morgan fingerprint density at radius 3 is 2.29 bits per heavy atom. The van der Waals surface area contributed by atoms with Gasteiger partial charge in [0.15, 0.2) is 15.4 Å². The molecule has 3 rings (SSSR count). The molecule has 1 aliphatic rings. The number of benzene rings is 1. The number of ether oxygens (including phenoxy) is 1. The Morgan fingerprint density at radius 2 is 1.79 bits per heavy atom. The summed E-state index contributed by atoms with van der Waals surface area (Å²) in [6.07, 6.45) is 3.17. The van der Waals surface area contributed by atoms with E-state index in [9.17, 15) is 13.2 Å². The molecule has 0 N–H and O–H groups in total. The molecule has 0 bridgehead atoms. The Balaban J connectivity index is 2.13. The number of sulfone groups is 1. The molecule has 126 valence electrons. The zero-order valence-electron chi connectivity index (χ0n) is 13.7. The van der Waals surface area contributed by atoms with E-state index in [-0.39, 0.29) is 10.7 Å². The van der Waals surface area contributed by atoms with Gasteiger partial charge in [0.1, 0.15) is 17.1 Å². The maximum absolute atomic E-state index is 12.8. The summed E-state index contributed by atoms with van der Waals surface area (Å²) in [5.74, 6) is 0.723. The predicted octanol–water partition coefficient (Wildman–Crippen LogP) is 3.32. The van der Waals surface area contributed by atoms with Crippen LogP contribution in [0.4, 0.5) is 0 Å². The second-order valence-corrected chi connectivity index (χ2v) is 8.01. The molecule has 5 nitrogen and oxygen atoms in total. The van der Waals surface area contributed by atoms with Crippen LogP contribution in [0.5, 0.6) is 0 Å². The molecule has 6 heteroatoms. The van der Waals surface area contributed by atoms with Crippen LogP contribution in [0.25, 0.3) is 11.3 Å². The molecule has 1 atom stereocenters. The van der Waals surface area contributed by atoms with Gasteiger partial charge in [0.2, 0.25) is 5.78 Å². The van der Waals surface area contributed by atoms with Crippen molar-refractivity contribution < 1.29 is 22.4 Å². The quantitative estimate of drug-likeness (QED) is 0.849. The molecule has 1 aromatic heterocycles. The number of rotatable bonds is 4. The fraction of sp³-hybridized carbons (Fsp3) is 0.278. The lowest BCUT2D eigenvalue weighted by atomic mass is 9.92. The van der Waals surface area contributed by atoms with Crippen LogP contribution in [0, 0.1) is 0 Å². The number of furan rings is 1. The van der Waals surface area contributed by atoms with E-state index in [1.807, 2.05) is 6.92 Å². The van der Waals surface area contributed by atoms with Gasteiger partial charge in [-0.25, -0.2) is 8.42 Å². The molecular formula is C18H18O5S. The molecule has 1 aromatic carbocycles. The lowest BCUT2D eigenvalue weighted by Crippen LogP contribution is -2.32. The minimum absolute atomic E-state index is 0.137. The smallest absolute Gasteiger partial charge is 0.213 e. The molecule has 1 unspecified atom stereocenters. The maximum Gasteiger partial charge on any atom is 0.213 e. The van der Waals surface area contributed by atoms with Crippen molar-refractivity contribution in [2.75, 3.05) is 6.26 Å². The molecule has 0 radical (unpaired) electrons. The van der Waals surface area contributed by atoms with E-state index in [4.69, 9.17) is 9.15 Å². The van der Waals surface area contributed by atoms with E-state index in [1.54, 1.807) is 31.2 Å². The monoisotopic (exact) mass is 346 g/mol. The largest absolute Gasteiger partial charge is 0.478 e. The van der Waals surface area contributed by atoms with Crippen molar-refractivity contribution in [2.45, 2.75) is 30.8 Å². The highest BCUT2D eigenvalue weighted by atomic mass is 32.2. The van der Waals surface area contributed by atoms with Crippen LogP contribution in [0.3, 0.4) is 0 Å². The third kappa shape index (κ3) is 2.67. The first kappa shape index (κ1) is 16.5. The van der Waals surface area contributed by atoms with Crippen molar-refractivity contribution in [3.63, 3.8) is 0 Å². The van der Waals surface area contributed by atoms with E-state index in [1.165, 1.54) is 18.4 Å². The highest BCUT2D eigenvalue weighted by molar-refractivity contribution is 7.90. The molecule has 2 aromatic rings. The van der Waals surface area contributed by atoms with Gasteiger partial charge in [-0.3, -0.25) is 4.79 Å². The molecular weight excluding hydrogens is 328 g/mol. The van der Waals surface area contributed by atoms with Crippen LogP contribution in [0.15, 0.2) is 52.0 Å². The predicted molar refractivity (Wildman–Crippen MR) is 89.9 cm³/mol. The van der Waals surface area contributed by atoms with Gasteiger partial charge in [-0.1, -0.05) is 6.92 Å². The first-order valence-electron chi connectivity index (χ1n) is 7.59. The van der Waals surface area contributed by atoms with Gasteiger partial charge in [0, 0.05) is 11.8 Å². The van der Waals surface area contributed by atoms with E-state index < -0.39 is 15.4 Å². The van der Waals surface area contributed by atoms with Crippen molar-refractivity contribution in [2.24, 2.45) is 0 Å².